The van der Waals surface area contributed by atoms with Gasteiger partial charge in [-0.15, -0.1) is 0 Å². The molecule has 0 heterocycles. The Morgan fingerprint density at radius 1 is 1.15 bits per heavy atom. The quantitative estimate of drug-likeness (QED) is 0.635. The molecule has 0 saturated heterocycles. The lowest BCUT2D eigenvalue weighted by molar-refractivity contribution is -0.160. The van der Waals surface area contributed by atoms with Gasteiger partial charge in [-0.3, -0.25) is 9.59 Å². The van der Waals surface area contributed by atoms with Crippen molar-refractivity contribution in [2.75, 3.05) is 14.2 Å². The van der Waals surface area contributed by atoms with Crippen LogP contribution in [0.4, 0.5) is 0 Å². The van der Waals surface area contributed by atoms with Crippen molar-refractivity contribution >= 4 is 41.2 Å². The molecule has 1 aliphatic rings. The number of benzene rings is 1. The van der Waals surface area contributed by atoms with Crippen molar-refractivity contribution in [3.63, 3.8) is 0 Å². The molecule has 1 fully saturated rings. The normalized spacial score (nSPS) is 17.7. The second-order valence-corrected chi connectivity index (χ2v) is 5.18. The minimum atomic E-state index is -1.36. The standard InChI is InChI=1S/C14H12Cl2O4/c1-19-12(17)14(13(18)20-2)7-8(14)6-9-10(15)4-3-5-11(9)16/h3-6H,7H2,1-2H3/b8-6-. The first-order chi connectivity index (χ1) is 9.47. The summed E-state index contributed by atoms with van der Waals surface area (Å²) >= 11 is 12.1. The Hall–Kier alpha value is -1.52. The Kier molecular flexibility index (Phi) is 4.06. The van der Waals surface area contributed by atoms with Gasteiger partial charge in [-0.2, -0.15) is 0 Å². The molecule has 1 saturated carbocycles. The number of esters is 2. The highest BCUT2D eigenvalue weighted by atomic mass is 35.5. The highest BCUT2D eigenvalue weighted by Gasteiger charge is 2.64. The third-order valence-electron chi connectivity index (χ3n) is 3.26. The highest BCUT2D eigenvalue weighted by molar-refractivity contribution is 6.37. The van der Waals surface area contributed by atoms with Gasteiger partial charge in [0.05, 0.1) is 14.2 Å². The van der Waals surface area contributed by atoms with E-state index < -0.39 is 17.4 Å². The molecule has 1 aliphatic carbocycles. The molecule has 0 amide bonds. The summed E-state index contributed by atoms with van der Waals surface area (Å²) in [5, 5.41) is 0.890. The first kappa shape index (κ1) is 14.9. The van der Waals surface area contributed by atoms with Crippen LogP contribution in [-0.2, 0) is 19.1 Å². The molecule has 0 atom stereocenters. The maximum absolute atomic E-state index is 11.8. The van der Waals surface area contributed by atoms with Gasteiger partial charge in [0.2, 0.25) is 0 Å². The van der Waals surface area contributed by atoms with Crippen LogP contribution in [-0.4, -0.2) is 26.2 Å². The molecule has 6 heteroatoms. The van der Waals surface area contributed by atoms with Crippen LogP contribution in [0.25, 0.3) is 6.08 Å². The summed E-state index contributed by atoms with van der Waals surface area (Å²) < 4.78 is 9.36. The van der Waals surface area contributed by atoms with Crippen molar-refractivity contribution in [2.45, 2.75) is 6.42 Å². The molecule has 106 valence electrons. The third kappa shape index (κ3) is 2.30. The van der Waals surface area contributed by atoms with E-state index in [1.54, 1.807) is 24.3 Å². The summed E-state index contributed by atoms with van der Waals surface area (Å²) in [6.45, 7) is 0. The van der Waals surface area contributed by atoms with E-state index in [0.29, 0.717) is 21.2 Å². The van der Waals surface area contributed by atoms with Gasteiger partial charge in [0, 0.05) is 22.0 Å². The first-order valence-electron chi connectivity index (χ1n) is 5.79. The van der Waals surface area contributed by atoms with Gasteiger partial charge in [0.25, 0.3) is 0 Å². The summed E-state index contributed by atoms with van der Waals surface area (Å²) in [4.78, 5) is 23.7. The van der Waals surface area contributed by atoms with Gasteiger partial charge >= 0.3 is 11.9 Å². The number of hydrogen-bond donors (Lipinski definition) is 0. The van der Waals surface area contributed by atoms with E-state index in [9.17, 15) is 9.59 Å². The lowest BCUT2D eigenvalue weighted by Gasteiger charge is -2.09. The summed E-state index contributed by atoms with van der Waals surface area (Å²) in [5.74, 6) is -1.28. The maximum atomic E-state index is 11.8. The van der Waals surface area contributed by atoms with E-state index in [2.05, 4.69) is 9.47 Å². The molecule has 0 N–H and O–H groups in total. The predicted molar refractivity (Wildman–Crippen MR) is 75.5 cm³/mol. The smallest absolute Gasteiger partial charge is 0.327 e. The first-order valence-corrected chi connectivity index (χ1v) is 6.55. The number of halogens is 2. The van der Waals surface area contributed by atoms with Gasteiger partial charge in [0.1, 0.15) is 0 Å². The van der Waals surface area contributed by atoms with Gasteiger partial charge in [-0.1, -0.05) is 35.3 Å². The molecule has 20 heavy (non-hydrogen) atoms. The van der Waals surface area contributed by atoms with Crippen molar-refractivity contribution in [3.05, 3.63) is 39.4 Å². The molecule has 1 aromatic carbocycles. The fourth-order valence-corrected chi connectivity index (χ4v) is 2.58. The van der Waals surface area contributed by atoms with Crippen LogP contribution in [0, 0.1) is 5.41 Å². The van der Waals surface area contributed by atoms with Crippen molar-refractivity contribution < 1.29 is 19.1 Å². The van der Waals surface area contributed by atoms with Crippen LogP contribution >= 0.6 is 23.2 Å². The SMILES string of the molecule is COC(=O)C1(C(=O)OC)C/C1=C/c1c(Cl)cccc1Cl. The van der Waals surface area contributed by atoms with Gasteiger partial charge in [-0.25, -0.2) is 0 Å². The van der Waals surface area contributed by atoms with Gasteiger partial charge < -0.3 is 9.47 Å². The molecule has 0 radical (unpaired) electrons. The van der Waals surface area contributed by atoms with Crippen molar-refractivity contribution in [1.29, 1.82) is 0 Å². The molecular weight excluding hydrogens is 303 g/mol. The molecule has 0 aliphatic heterocycles. The molecule has 0 spiro atoms. The lowest BCUT2D eigenvalue weighted by atomic mass is 10.1. The van der Waals surface area contributed by atoms with E-state index in [1.807, 2.05) is 0 Å². The van der Waals surface area contributed by atoms with E-state index in [-0.39, 0.29) is 6.42 Å². The van der Waals surface area contributed by atoms with Crippen LogP contribution in [0.5, 0.6) is 0 Å². The number of carbonyl (C=O) groups is 2. The molecule has 2 rings (SSSR count). The molecule has 0 aromatic heterocycles. The number of carbonyl (C=O) groups excluding carboxylic acids is 2. The third-order valence-corrected chi connectivity index (χ3v) is 3.92. The summed E-state index contributed by atoms with van der Waals surface area (Å²) in [6.07, 6.45) is 1.88. The van der Waals surface area contributed by atoms with Crippen molar-refractivity contribution in [1.82, 2.24) is 0 Å². The topological polar surface area (TPSA) is 52.6 Å². The molecule has 4 nitrogen and oxygen atoms in total. The van der Waals surface area contributed by atoms with Gasteiger partial charge in [-0.05, 0) is 17.7 Å². The molecule has 0 unspecified atom stereocenters. The zero-order valence-corrected chi connectivity index (χ0v) is 12.4. The number of rotatable bonds is 3. The highest BCUT2D eigenvalue weighted by Crippen LogP contribution is 2.55. The maximum Gasteiger partial charge on any atom is 0.327 e. The second kappa shape index (κ2) is 5.46. The zero-order chi connectivity index (χ0) is 14.9. The van der Waals surface area contributed by atoms with Crippen molar-refractivity contribution in [2.24, 2.45) is 5.41 Å². The fraction of sp³-hybridized carbons (Fsp3) is 0.286. The summed E-state index contributed by atoms with van der Waals surface area (Å²) in [7, 11) is 2.46. The Balaban J connectivity index is 2.43. The van der Waals surface area contributed by atoms with E-state index in [0.717, 1.165) is 0 Å². The summed E-state index contributed by atoms with van der Waals surface area (Å²) in [6, 6.07) is 5.08. The van der Waals surface area contributed by atoms with E-state index >= 15 is 0 Å². The Labute approximate surface area is 126 Å². The fourth-order valence-electron chi connectivity index (χ4n) is 2.08. The monoisotopic (exact) mass is 314 g/mol. The molecule has 0 bridgehead atoms. The van der Waals surface area contributed by atoms with Crippen molar-refractivity contribution in [3.8, 4) is 0 Å². The Morgan fingerprint density at radius 3 is 2.10 bits per heavy atom. The summed E-state index contributed by atoms with van der Waals surface area (Å²) in [5.41, 5.74) is -0.210. The van der Waals surface area contributed by atoms with Crippen LogP contribution in [0.2, 0.25) is 10.0 Å². The zero-order valence-electron chi connectivity index (χ0n) is 10.9. The average Bonchev–Trinajstić information content (AvgIpc) is 3.16. The number of hydrogen-bond acceptors (Lipinski definition) is 4. The minimum Gasteiger partial charge on any atom is -0.468 e. The van der Waals surface area contributed by atoms with Crippen LogP contribution < -0.4 is 0 Å². The Bertz CT molecular complexity index is 571. The Morgan fingerprint density at radius 2 is 1.65 bits per heavy atom. The largest absolute Gasteiger partial charge is 0.468 e. The lowest BCUT2D eigenvalue weighted by Crippen LogP contribution is -2.28. The second-order valence-electron chi connectivity index (χ2n) is 4.37. The van der Waals surface area contributed by atoms with Crippen LogP contribution in [0.1, 0.15) is 12.0 Å². The number of ether oxygens (including phenoxy) is 2. The molecular formula is C14H12Cl2O4. The van der Waals surface area contributed by atoms with E-state index in [4.69, 9.17) is 23.2 Å². The van der Waals surface area contributed by atoms with Gasteiger partial charge in [0.15, 0.2) is 5.41 Å². The minimum absolute atomic E-state index is 0.244. The van der Waals surface area contributed by atoms with E-state index in [1.165, 1.54) is 14.2 Å². The van der Waals surface area contributed by atoms with Crippen LogP contribution in [0.15, 0.2) is 23.8 Å². The van der Waals surface area contributed by atoms with Crippen LogP contribution in [0.3, 0.4) is 0 Å². The number of methoxy groups -OCH3 is 2. The molecule has 1 aromatic rings. The average molecular weight is 315 g/mol. The predicted octanol–water partition coefficient (Wildman–Crippen LogP) is 3.11.